The number of hydrogen-bond donors (Lipinski definition) is 1. The van der Waals surface area contributed by atoms with Gasteiger partial charge in [-0.2, -0.15) is 0 Å². The van der Waals surface area contributed by atoms with Crippen molar-refractivity contribution in [2.75, 3.05) is 6.61 Å². The Bertz CT molecular complexity index is 299. The Morgan fingerprint density at radius 2 is 2.00 bits per heavy atom. The molecule has 3 nitrogen and oxygen atoms in total. The van der Waals surface area contributed by atoms with Crippen LogP contribution in [0.3, 0.4) is 0 Å². The quantitative estimate of drug-likeness (QED) is 0.710. The lowest BCUT2D eigenvalue weighted by Crippen LogP contribution is -2.04. The summed E-state index contributed by atoms with van der Waals surface area (Å²) < 4.78 is 10.6. The van der Waals surface area contributed by atoms with Gasteiger partial charge < -0.3 is 14.4 Å². The van der Waals surface area contributed by atoms with E-state index in [2.05, 4.69) is 0 Å². The zero-order valence-corrected chi connectivity index (χ0v) is 7.98. The number of hydrogen-bond acceptors (Lipinski definition) is 3. The molecule has 1 N–H and O–H groups in total. The molecule has 0 atom stereocenters. The fourth-order valence-electron chi connectivity index (χ4n) is 1.25. The average Bonchev–Trinajstić information content (AvgIpc) is 3.01. The molecule has 1 aliphatic rings. The standard InChI is InChI=1S/C10H13BO3/c12-11-14-10-4-2-1-3-9(10)13-7-8-5-6-8/h1-4,8,11-12H,5-7H2. The third-order valence-electron chi connectivity index (χ3n) is 2.24. The molecule has 1 fully saturated rings. The van der Waals surface area contributed by atoms with Gasteiger partial charge in [0.15, 0.2) is 5.75 Å². The summed E-state index contributed by atoms with van der Waals surface area (Å²) in [5, 5.41) is 8.66. The van der Waals surface area contributed by atoms with Crippen molar-refractivity contribution in [3.63, 3.8) is 0 Å². The highest BCUT2D eigenvalue weighted by atomic mass is 16.5. The first kappa shape index (κ1) is 9.40. The molecule has 74 valence electrons. The second-order valence-corrected chi connectivity index (χ2v) is 3.47. The fraction of sp³-hybridized carbons (Fsp3) is 0.400. The van der Waals surface area contributed by atoms with Crippen molar-refractivity contribution in [2.24, 2.45) is 5.92 Å². The number of benzene rings is 1. The summed E-state index contributed by atoms with van der Waals surface area (Å²) in [6.07, 6.45) is 2.53. The minimum atomic E-state index is -0.316. The highest BCUT2D eigenvalue weighted by Gasteiger charge is 2.22. The molecule has 0 amide bonds. The van der Waals surface area contributed by atoms with Crippen LogP contribution in [0.5, 0.6) is 11.5 Å². The van der Waals surface area contributed by atoms with Gasteiger partial charge in [-0.1, -0.05) is 12.1 Å². The molecular formula is C10H13BO3. The summed E-state index contributed by atoms with van der Waals surface area (Å²) in [5.41, 5.74) is 0. The van der Waals surface area contributed by atoms with Crippen molar-refractivity contribution >= 4 is 7.69 Å². The van der Waals surface area contributed by atoms with Gasteiger partial charge >= 0.3 is 7.69 Å². The lowest BCUT2D eigenvalue weighted by atomic mass is 10.3. The van der Waals surface area contributed by atoms with E-state index in [4.69, 9.17) is 14.4 Å². The van der Waals surface area contributed by atoms with Gasteiger partial charge in [0, 0.05) is 0 Å². The largest absolute Gasteiger partial charge is 0.536 e. The molecule has 1 saturated carbocycles. The van der Waals surface area contributed by atoms with Gasteiger partial charge in [0.1, 0.15) is 5.75 Å². The van der Waals surface area contributed by atoms with Crippen molar-refractivity contribution in [1.29, 1.82) is 0 Å². The lowest BCUT2D eigenvalue weighted by Gasteiger charge is -2.10. The van der Waals surface area contributed by atoms with Crippen LogP contribution in [-0.2, 0) is 0 Å². The Morgan fingerprint density at radius 1 is 1.29 bits per heavy atom. The van der Waals surface area contributed by atoms with Crippen LogP contribution in [-0.4, -0.2) is 19.3 Å². The summed E-state index contributed by atoms with van der Waals surface area (Å²) in [7, 11) is -0.316. The van der Waals surface area contributed by atoms with Gasteiger partial charge in [-0.05, 0) is 30.9 Å². The van der Waals surface area contributed by atoms with Gasteiger partial charge in [-0.25, -0.2) is 0 Å². The van der Waals surface area contributed by atoms with E-state index in [0.717, 1.165) is 12.5 Å². The molecule has 0 aliphatic heterocycles. The molecule has 0 heterocycles. The Balaban J connectivity index is 1.97. The van der Waals surface area contributed by atoms with Crippen LogP contribution in [0.15, 0.2) is 24.3 Å². The summed E-state index contributed by atoms with van der Waals surface area (Å²) in [4.78, 5) is 0. The summed E-state index contributed by atoms with van der Waals surface area (Å²) in [5.74, 6) is 2.04. The maximum Gasteiger partial charge on any atom is 0.504 e. The van der Waals surface area contributed by atoms with E-state index in [9.17, 15) is 0 Å². The Morgan fingerprint density at radius 3 is 2.64 bits per heavy atom. The van der Waals surface area contributed by atoms with Crippen LogP contribution in [0.1, 0.15) is 12.8 Å². The molecule has 1 aliphatic carbocycles. The van der Waals surface area contributed by atoms with E-state index in [-0.39, 0.29) is 7.69 Å². The molecule has 14 heavy (non-hydrogen) atoms. The van der Waals surface area contributed by atoms with Gasteiger partial charge in [-0.3, -0.25) is 0 Å². The summed E-state index contributed by atoms with van der Waals surface area (Å²) in [6.45, 7) is 0.756. The van der Waals surface area contributed by atoms with Crippen molar-refractivity contribution in [3.05, 3.63) is 24.3 Å². The minimum Gasteiger partial charge on any atom is -0.536 e. The number of ether oxygens (including phenoxy) is 1. The highest BCUT2D eigenvalue weighted by Crippen LogP contribution is 2.32. The molecule has 0 bridgehead atoms. The fourth-order valence-corrected chi connectivity index (χ4v) is 1.25. The third-order valence-corrected chi connectivity index (χ3v) is 2.24. The summed E-state index contributed by atoms with van der Waals surface area (Å²) in [6, 6.07) is 7.40. The first-order valence-corrected chi connectivity index (χ1v) is 4.85. The zero-order valence-electron chi connectivity index (χ0n) is 7.98. The molecule has 0 radical (unpaired) electrons. The molecule has 4 heteroatoms. The van der Waals surface area contributed by atoms with Gasteiger partial charge in [0.05, 0.1) is 6.61 Å². The van der Waals surface area contributed by atoms with Crippen LogP contribution < -0.4 is 9.39 Å². The van der Waals surface area contributed by atoms with E-state index >= 15 is 0 Å². The maximum atomic E-state index is 8.66. The van der Waals surface area contributed by atoms with Crippen LogP contribution in [0.4, 0.5) is 0 Å². The van der Waals surface area contributed by atoms with Crippen LogP contribution in [0.25, 0.3) is 0 Å². The SMILES string of the molecule is OBOc1ccccc1OCC1CC1. The van der Waals surface area contributed by atoms with E-state index in [1.165, 1.54) is 12.8 Å². The van der Waals surface area contributed by atoms with Crippen molar-refractivity contribution in [1.82, 2.24) is 0 Å². The molecular weight excluding hydrogens is 179 g/mol. The van der Waals surface area contributed by atoms with Gasteiger partial charge in [0.25, 0.3) is 0 Å². The number of rotatable bonds is 5. The topological polar surface area (TPSA) is 38.7 Å². The molecule has 0 saturated heterocycles. The molecule has 1 aromatic rings. The predicted octanol–water partition coefficient (Wildman–Crippen LogP) is 1.11. The van der Waals surface area contributed by atoms with Crippen molar-refractivity contribution in [3.8, 4) is 11.5 Å². The van der Waals surface area contributed by atoms with E-state index < -0.39 is 0 Å². The highest BCUT2D eigenvalue weighted by molar-refractivity contribution is 6.17. The maximum absolute atomic E-state index is 8.66. The Labute approximate surface area is 84.0 Å². The normalized spacial score (nSPS) is 14.9. The van der Waals surface area contributed by atoms with Crippen LogP contribution in [0.2, 0.25) is 0 Å². The minimum absolute atomic E-state index is 0.316. The summed E-state index contributed by atoms with van der Waals surface area (Å²) >= 11 is 0. The Kier molecular flexibility index (Phi) is 2.94. The molecule has 0 unspecified atom stereocenters. The number of para-hydroxylation sites is 2. The molecule has 1 aromatic carbocycles. The molecule has 0 spiro atoms. The van der Waals surface area contributed by atoms with Crippen LogP contribution >= 0.6 is 0 Å². The third kappa shape index (κ3) is 2.42. The van der Waals surface area contributed by atoms with Crippen molar-refractivity contribution in [2.45, 2.75) is 12.8 Å². The van der Waals surface area contributed by atoms with Crippen LogP contribution in [0, 0.1) is 5.92 Å². The second-order valence-electron chi connectivity index (χ2n) is 3.47. The van der Waals surface area contributed by atoms with Gasteiger partial charge in [0.2, 0.25) is 0 Å². The van der Waals surface area contributed by atoms with Crippen molar-refractivity contribution < 1.29 is 14.4 Å². The molecule has 2 rings (SSSR count). The van der Waals surface area contributed by atoms with E-state index in [0.29, 0.717) is 11.5 Å². The van der Waals surface area contributed by atoms with E-state index in [1.54, 1.807) is 6.07 Å². The van der Waals surface area contributed by atoms with Gasteiger partial charge in [-0.15, -0.1) is 0 Å². The first-order valence-electron chi connectivity index (χ1n) is 4.85. The van der Waals surface area contributed by atoms with E-state index in [1.807, 2.05) is 18.2 Å². The first-order chi connectivity index (χ1) is 6.90. The zero-order chi connectivity index (χ0) is 9.80. The lowest BCUT2D eigenvalue weighted by molar-refractivity contribution is 0.289. The average molecular weight is 192 g/mol. The smallest absolute Gasteiger partial charge is 0.504 e. The monoisotopic (exact) mass is 192 g/mol. The predicted molar refractivity (Wildman–Crippen MR) is 54.7 cm³/mol. The molecule has 0 aromatic heterocycles. The Hall–Kier alpha value is -1.16. The second kappa shape index (κ2) is 4.37.